The second kappa shape index (κ2) is 15.4. The van der Waals surface area contributed by atoms with E-state index < -0.39 is 42.9 Å². The van der Waals surface area contributed by atoms with E-state index in [4.69, 9.17) is 35.4 Å². The molecule has 0 bridgehead atoms. The lowest BCUT2D eigenvalue weighted by molar-refractivity contribution is -0.140. The summed E-state index contributed by atoms with van der Waals surface area (Å²) in [5.74, 6) is -5.75. The number of hydrogen-bond donors (Lipinski definition) is 7. The van der Waals surface area contributed by atoms with Gasteiger partial charge in [-0.1, -0.05) is 6.58 Å². The van der Waals surface area contributed by atoms with E-state index in [1.54, 1.807) is 0 Å². The van der Waals surface area contributed by atoms with Crippen LogP contribution in [0.2, 0.25) is 0 Å². The van der Waals surface area contributed by atoms with Crippen LogP contribution in [0.4, 0.5) is 0 Å². The Labute approximate surface area is 129 Å². The fraction of sp³-hybridized carbons (Fsp3) is 0.364. The minimum Gasteiger partial charge on any atom is -0.481 e. The predicted molar refractivity (Wildman–Crippen MR) is 71.9 cm³/mol. The van der Waals surface area contributed by atoms with Crippen molar-refractivity contribution in [3.05, 3.63) is 12.2 Å². The number of aliphatic hydroxyl groups excluding tert-OH is 1. The van der Waals surface area contributed by atoms with E-state index in [1.807, 2.05) is 0 Å². The number of nitrogens with one attached hydrogen (secondary N) is 1. The molecule has 0 aromatic carbocycles. The zero-order valence-electron chi connectivity index (χ0n) is 11.8. The summed E-state index contributed by atoms with van der Waals surface area (Å²) >= 11 is 0. The fourth-order valence-electron chi connectivity index (χ4n) is 0.535. The molecule has 0 aliphatic heterocycles. The molecule has 7 N–H and O–H groups in total. The number of rotatable bonds is 8. The number of carbonyl (C=O) groups is 5. The van der Waals surface area contributed by atoms with E-state index >= 15 is 0 Å². The van der Waals surface area contributed by atoms with Crippen LogP contribution in [0.15, 0.2) is 12.2 Å². The molecule has 0 heterocycles. The summed E-state index contributed by atoms with van der Waals surface area (Å²) in [6.45, 7) is 1.61. The SMILES string of the molecule is C=C(CC(=O)O)C(=O)O.O=C(O)CNCC(=O)O.O=C(O)CO. The Morgan fingerprint density at radius 1 is 0.739 bits per heavy atom. The van der Waals surface area contributed by atoms with Crippen molar-refractivity contribution in [2.75, 3.05) is 19.7 Å². The van der Waals surface area contributed by atoms with Gasteiger partial charge in [-0.2, -0.15) is 0 Å². The molecule has 12 heteroatoms. The molecule has 0 aliphatic rings. The van der Waals surface area contributed by atoms with Gasteiger partial charge in [0.2, 0.25) is 0 Å². The summed E-state index contributed by atoms with van der Waals surface area (Å²) in [6.07, 6.45) is -0.505. The molecular weight excluding hydrogens is 322 g/mol. The largest absolute Gasteiger partial charge is 0.481 e. The minimum atomic E-state index is -1.27. The standard InChI is InChI=1S/C5H6O4.C4H7NO4.C2H4O3/c1-3(5(8)9)2-4(6)7;6-3(7)1-5-2-4(8)9;3-1-2(4)5/h1-2H2,(H,6,7)(H,8,9);5H,1-2H2,(H,6,7)(H,8,9);3H,1H2,(H,4,5). The maximum Gasteiger partial charge on any atom is 0.331 e. The zero-order chi connectivity index (χ0) is 19.0. The molecule has 132 valence electrons. The van der Waals surface area contributed by atoms with Crippen LogP contribution in [0.1, 0.15) is 6.42 Å². The number of aliphatic hydroxyl groups is 1. The second-order valence-corrected chi connectivity index (χ2v) is 3.42. The van der Waals surface area contributed by atoms with E-state index in [9.17, 15) is 19.2 Å². The highest BCUT2D eigenvalue weighted by Gasteiger charge is 2.07. The number of carboxylic acids is 5. The Kier molecular flexibility index (Phi) is 16.7. The average molecular weight is 339 g/mol. The quantitative estimate of drug-likeness (QED) is 0.237. The summed E-state index contributed by atoms with van der Waals surface area (Å²) < 4.78 is 0. The topological polar surface area (TPSA) is 219 Å². The predicted octanol–water partition coefficient (Wildman–Crippen LogP) is -2.09. The molecule has 23 heavy (non-hydrogen) atoms. The highest BCUT2D eigenvalue weighted by molar-refractivity contribution is 5.91. The molecule has 0 aromatic heterocycles. The Morgan fingerprint density at radius 3 is 1.22 bits per heavy atom. The lowest BCUT2D eigenvalue weighted by Gasteiger charge is -1.93. The van der Waals surface area contributed by atoms with Crippen LogP contribution < -0.4 is 5.32 Å². The molecule has 0 spiro atoms. The third-order valence-electron chi connectivity index (χ3n) is 1.35. The summed E-state index contributed by atoms with van der Waals surface area (Å²) in [7, 11) is 0. The van der Waals surface area contributed by atoms with E-state index in [0.29, 0.717) is 0 Å². The van der Waals surface area contributed by atoms with E-state index in [0.717, 1.165) is 0 Å². The first-order valence-corrected chi connectivity index (χ1v) is 5.53. The van der Waals surface area contributed by atoms with Gasteiger partial charge in [0.25, 0.3) is 0 Å². The molecule has 12 nitrogen and oxygen atoms in total. The van der Waals surface area contributed by atoms with Crippen molar-refractivity contribution in [3.8, 4) is 0 Å². The summed E-state index contributed by atoms with van der Waals surface area (Å²) in [4.78, 5) is 48.2. The van der Waals surface area contributed by atoms with Crippen molar-refractivity contribution in [2.45, 2.75) is 6.42 Å². The van der Waals surface area contributed by atoms with Gasteiger partial charge < -0.3 is 30.6 Å². The van der Waals surface area contributed by atoms with Crippen molar-refractivity contribution in [1.29, 1.82) is 0 Å². The average Bonchev–Trinajstić information content (AvgIpc) is 2.38. The van der Waals surface area contributed by atoms with Crippen LogP contribution in [0.5, 0.6) is 0 Å². The normalized spacial score (nSPS) is 8.39. The van der Waals surface area contributed by atoms with Gasteiger partial charge in [0.1, 0.15) is 6.61 Å². The minimum absolute atomic E-state index is 0.303. The first kappa shape index (κ1) is 25.0. The molecule has 0 saturated carbocycles. The van der Waals surface area contributed by atoms with E-state index in [1.165, 1.54) is 0 Å². The highest BCUT2D eigenvalue weighted by Crippen LogP contribution is 1.95. The summed E-state index contributed by atoms with van der Waals surface area (Å²) in [5, 5.41) is 49.2. The van der Waals surface area contributed by atoms with Gasteiger partial charge in [0, 0.05) is 5.57 Å². The van der Waals surface area contributed by atoms with Crippen molar-refractivity contribution in [3.63, 3.8) is 0 Å². The molecule has 0 amide bonds. The van der Waals surface area contributed by atoms with Crippen LogP contribution >= 0.6 is 0 Å². The molecule has 0 aromatic rings. The smallest absolute Gasteiger partial charge is 0.331 e. The molecule has 0 atom stereocenters. The second-order valence-electron chi connectivity index (χ2n) is 3.42. The van der Waals surface area contributed by atoms with Crippen molar-refractivity contribution >= 4 is 29.8 Å². The summed E-state index contributed by atoms with van der Waals surface area (Å²) in [5.41, 5.74) is -0.303. The molecular formula is C11H17NO11. The van der Waals surface area contributed by atoms with E-state index in [-0.39, 0.29) is 18.7 Å². The third-order valence-corrected chi connectivity index (χ3v) is 1.35. The fourth-order valence-corrected chi connectivity index (χ4v) is 0.535. The molecule has 0 fully saturated rings. The number of aliphatic carboxylic acids is 5. The first-order valence-electron chi connectivity index (χ1n) is 5.53. The molecule has 0 saturated heterocycles. The van der Waals surface area contributed by atoms with Crippen molar-refractivity contribution in [1.82, 2.24) is 5.32 Å². The van der Waals surface area contributed by atoms with Gasteiger partial charge >= 0.3 is 29.8 Å². The number of hydrogen-bond acceptors (Lipinski definition) is 7. The highest BCUT2D eigenvalue weighted by atomic mass is 16.4. The number of carboxylic acid groups (broad SMARTS) is 5. The lowest BCUT2D eigenvalue weighted by Crippen LogP contribution is -2.27. The van der Waals surface area contributed by atoms with Gasteiger partial charge in [0.15, 0.2) is 0 Å². The molecule has 0 radical (unpaired) electrons. The van der Waals surface area contributed by atoms with Crippen LogP contribution in [-0.2, 0) is 24.0 Å². The Balaban J connectivity index is -0.000000273. The van der Waals surface area contributed by atoms with Crippen LogP contribution in [0.25, 0.3) is 0 Å². The molecule has 0 rings (SSSR count). The van der Waals surface area contributed by atoms with Crippen LogP contribution in [0.3, 0.4) is 0 Å². The van der Waals surface area contributed by atoms with E-state index in [2.05, 4.69) is 11.9 Å². The Hall–Kier alpha value is -2.99. The zero-order valence-corrected chi connectivity index (χ0v) is 11.8. The van der Waals surface area contributed by atoms with Crippen molar-refractivity contribution < 1.29 is 54.6 Å². The van der Waals surface area contributed by atoms with Crippen molar-refractivity contribution in [2.24, 2.45) is 0 Å². The first-order chi connectivity index (χ1) is 10.4. The Bertz CT molecular complexity index is 429. The Morgan fingerprint density at radius 2 is 1.09 bits per heavy atom. The van der Waals surface area contributed by atoms with Crippen LogP contribution in [-0.4, -0.2) is 80.2 Å². The monoisotopic (exact) mass is 339 g/mol. The van der Waals surface area contributed by atoms with Gasteiger partial charge in [-0.3, -0.25) is 19.7 Å². The van der Waals surface area contributed by atoms with Gasteiger partial charge in [-0.25, -0.2) is 9.59 Å². The molecule has 0 aliphatic carbocycles. The maximum atomic E-state index is 9.87. The van der Waals surface area contributed by atoms with Gasteiger partial charge in [-0.15, -0.1) is 0 Å². The lowest BCUT2D eigenvalue weighted by atomic mass is 10.2. The molecule has 0 unspecified atom stereocenters. The van der Waals surface area contributed by atoms with Crippen LogP contribution in [0, 0.1) is 0 Å². The van der Waals surface area contributed by atoms with Gasteiger partial charge in [-0.05, 0) is 0 Å². The maximum absolute atomic E-state index is 9.87. The van der Waals surface area contributed by atoms with Gasteiger partial charge in [0.05, 0.1) is 19.5 Å². The third kappa shape index (κ3) is 32.5. The summed E-state index contributed by atoms with van der Waals surface area (Å²) in [6, 6.07) is 0.